The molecule has 0 bridgehead atoms. The van der Waals surface area contributed by atoms with Gasteiger partial charge in [-0.1, -0.05) is 12.1 Å². The molecule has 1 aromatic carbocycles. The average Bonchev–Trinajstić information content (AvgIpc) is 2.68. The maximum atomic E-state index is 12.9. The van der Waals surface area contributed by atoms with Crippen molar-refractivity contribution in [1.29, 1.82) is 0 Å². The van der Waals surface area contributed by atoms with Crippen molar-refractivity contribution in [2.75, 3.05) is 0 Å². The minimum Gasteiger partial charge on any atom is -0.250 e. The van der Waals surface area contributed by atoms with Crippen LogP contribution in [0.4, 0.5) is 13.2 Å². The van der Waals surface area contributed by atoms with Gasteiger partial charge in [-0.3, -0.25) is 0 Å². The van der Waals surface area contributed by atoms with Gasteiger partial charge in [0.05, 0.1) is 6.21 Å². The summed E-state index contributed by atoms with van der Waals surface area (Å²) in [6.07, 6.45) is -1.58. The molecule has 0 atom stereocenters. The highest BCUT2D eigenvalue weighted by molar-refractivity contribution is 7.71. The van der Waals surface area contributed by atoms with Crippen LogP contribution < -0.4 is 0 Å². The van der Waals surface area contributed by atoms with E-state index in [1.165, 1.54) is 24.4 Å². The Morgan fingerprint density at radius 1 is 1.44 bits per heavy atom. The van der Waals surface area contributed by atoms with Crippen LogP contribution in [0.2, 0.25) is 0 Å². The third-order valence-electron chi connectivity index (χ3n) is 2.04. The van der Waals surface area contributed by atoms with Gasteiger partial charge in [-0.25, -0.2) is 18.3 Å². The second-order valence-electron chi connectivity index (χ2n) is 3.30. The van der Waals surface area contributed by atoms with Crippen LogP contribution in [0.25, 0.3) is 0 Å². The number of H-pyrrole nitrogens is 1. The van der Waals surface area contributed by atoms with Crippen LogP contribution in [0.15, 0.2) is 29.4 Å². The Hall–Kier alpha value is -1.96. The van der Waals surface area contributed by atoms with Crippen LogP contribution in [0.5, 0.6) is 0 Å². The average molecular weight is 272 g/mol. The topological polar surface area (TPSA) is 46.0 Å². The van der Waals surface area contributed by atoms with Crippen molar-refractivity contribution in [3.05, 3.63) is 46.2 Å². The molecule has 1 heterocycles. The fourth-order valence-electron chi connectivity index (χ4n) is 1.27. The third kappa shape index (κ3) is 2.65. The van der Waals surface area contributed by atoms with Crippen molar-refractivity contribution in [2.24, 2.45) is 5.10 Å². The molecule has 4 nitrogen and oxygen atoms in total. The molecule has 0 aliphatic heterocycles. The molecule has 0 aliphatic rings. The molecule has 1 N–H and O–H groups in total. The van der Waals surface area contributed by atoms with Crippen LogP contribution in [-0.2, 0) is 0 Å². The van der Waals surface area contributed by atoms with Crippen molar-refractivity contribution in [2.45, 2.75) is 6.43 Å². The number of nitrogens with one attached hydrogen (secondary N) is 1. The Labute approximate surface area is 105 Å². The quantitative estimate of drug-likeness (QED) is 0.689. The van der Waals surface area contributed by atoms with Gasteiger partial charge in [0, 0.05) is 0 Å². The number of aromatic nitrogens is 3. The predicted molar refractivity (Wildman–Crippen MR) is 61.8 cm³/mol. The minimum atomic E-state index is -2.80. The summed E-state index contributed by atoms with van der Waals surface area (Å²) < 4.78 is 38.7. The number of hydrogen-bond donors (Lipinski definition) is 1. The predicted octanol–water partition coefficient (Wildman–Crippen LogP) is 2.90. The lowest BCUT2D eigenvalue weighted by Gasteiger charge is -1.98. The van der Waals surface area contributed by atoms with E-state index in [0.29, 0.717) is 5.56 Å². The first-order valence-corrected chi connectivity index (χ1v) is 5.24. The van der Waals surface area contributed by atoms with E-state index in [2.05, 4.69) is 15.3 Å². The monoisotopic (exact) mass is 272 g/mol. The smallest absolute Gasteiger partial charge is 0.250 e. The molecule has 0 aliphatic carbocycles. The van der Waals surface area contributed by atoms with Gasteiger partial charge in [0.2, 0.25) is 10.6 Å². The Morgan fingerprint density at radius 3 is 2.89 bits per heavy atom. The van der Waals surface area contributed by atoms with Gasteiger partial charge >= 0.3 is 0 Å². The maximum absolute atomic E-state index is 12.9. The summed E-state index contributed by atoms with van der Waals surface area (Å²) >= 11 is 4.76. The van der Waals surface area contributed by atoms with Crippen molar-refractivity contribution < 1.29 is 13.2 Å². The van der Waals surface area contributed by atoms with Crippen LogP contribution in [0, 0.1) is 10.6 Å². The normalized spacial score (nSPS) is 11.6. The second kappa shape index (κ2) is 5.13. The number of alkyl halides is 2. The van der Waals surface area contributed by atoms with Gasteiger partial charge < -0.3 is 0 Å². The van der Waals surface area contributed by atoms with Gasteiger partial charge in [0.1, 0.15) is 5.82 Å². The molecule has 2 rings (SSSR count). The van der Waals surface area contributed by atoms with Crippen LogP contribution in [0.1, 0.15) is 17.8 Å². The number of hydrogen-bond acceptors (Lipinski definition) is 3. The molecule has 0 saturated carbocycles. The van der Waals surface area contributed by atoms with E-state index in [1.54, 1.807) is 6.07 Å². The van der Waals surface area contributed by atoms with Gasteiger partial charge in [0.15, 0.2) is 0 Å². The Bertz CT molecular complexity index is 632. The summed E-state index contributed by atoms with van der Waals surface area (Å²) in [4.78, 5) is 0. The SMILES string of the molecule is Fc1cccc(/C=N/n2c(C(F)F)n[nH]c2=S)c1. The molecule has 0 amide bonds. The number of rotatable bonds is 3. The van der Waals surface area contributed by atoms with Crippen molar-refractivity contribution in [1.82, 2.24) is 14.9 Å². The first-order chi connectivity index (χ1) is 8.58. The lowest BCUT2D eigenvalue weighted by Crippen LogP contribution is -1.99. The van der Waals surface area contributed by atoms with E-state index in [0.717, 1.165) is 4.68 Å². The molecule has 18 heavy (non-hydrogen) atoms. The number of benzene rings is 1. The molecule has 0 radical (unpaired) electrons. The largest absolute Gasteiger partial charge is 0.299 e. The molecule has 1 aromatic heterocycles. The van der Waals surface area contributed by atoms with Crippen LogP contribution in [0.3, 0.4) is 0 Å². The molecule has 2 aromatic rings. The molecule has 0 spiro atoms. The fraction of sp³-hybridized carbons (Fsp3) is 0.100. The third-order valence-corrected chi connectivity index (χ3v) is 2.31. The van der Waals surface area contributed by atoms with E-state index >= 15 is 0 Å². The van der Waals surface area contributed by atoms with E-state index in [-0.39, 0.29) is 4.77 Å². The van der Waals surface area contributed by atoms with Crippen LogP contribution >= 0.6 is 12.2 Å². The first kappa shape index (κ1) is 12.5. The molecular weight excluding hydrogens is 265 g/mol. The van der Waals surface area contributed by atoms with E-state index < -0.39 is 18.1 Å². The summed E-state index contributed by atoms with van der Waals surface area (Å²) in [5.74, 6) is -1.03. The molecule has 0 fully saturated rings. The standard InChI is InChI=1S/C10H7F3N4S/c11-7-3-1-2-6(4-7)5-14-17-9(8(12)13)15-16-10(17)18/h1-5,8H,(H,16,18)/b14-5+. The number of nitrogens with zero attached hydrogens (tertiary/aromatic N) is 3. The van der Waals surface area contributed by atoms with Crippen LogP contribution in [-0.4, -0.2) is 21.1 Å². The zero-order valence-corrected chi connectivity index (χ0v) is 9.66. The molecular formula is C10H7F3N4S. The summed E-state index contributed by atoms with van der Waals surface area (Å²) in [6, 6.07) is 5.55. The Balaban J connectivity index is 2.34. The van der Waals surface area contributed by atoms with E-state index in [1.807, 2.05) is 0 Å². The highest BCUT2D eigenvalue weighted by Gasteiger charge is 2.15. The minimum absolute atomic E-state index is 0.0575. The lowest BCUT2D eigenvalue weighted by atomic mass is 10.2. The Kier molecular flexibility index (Phi) is 3.56. The maximum Gasteiger partial charge on any atom is 0.299 e. The molecule has 0 saturated heterocycles. The van der Waals surface area contributed by atoms with Gasteiger partial charge in [-0.2, -0.15) is 14.9 Å². The Morgan fingerprint density at radius 2 is 2.22 bits per heavy atom. The zero-order valence-electron chi connectivity index (χ0n) is 8.85. The molecule has 8 heteroatoms. The van der Waals surface area contributed by atoms with Crippen molar-refractivity contribution >= 4 is 18.4 Å². The van der Waals surface area contributed by atoms with Gasteiger partial charge in [-0.15, -0.1) is 0 Å². The summed E-state index contributed by atoms with van der Waals surface area (Å²) in [5, 5.41) is 9.31. The number of halogens is 3. The van der Waals surface area contributed by atoms with E-state index in [9.17, 15) is 13.2 Å². The molecule has 0 unspecified atom stereocenters. The van der Waals surface area contributed by atoms with Crippen molar-refractivity contribution in [3.8, 4) is 0 Å². The van der Waals surface area contributed by atoms with Gasteiger partial charge in [0.25, 0.3) is 6.43 Å². The van der Waals surface area contributed by atoms with Crippen molar-refractivity contribution in [3.63, 3.8) is 0 Å². The zero-order chi connectivity index (χ0) is 13.1. The molecule has 94 valence electrons. The van der Waals surface area contributed by atoms with Gasteiger partial charge in [-0.05, 0) is 29.9 Å². The number of aromatic amines is 1. The van der Waals surface area contributed by atoms with E-state index in [4.69, 9.17) is 12.2 Å². The summed E-state index contributed by atoms with van der Waals surface area (Å²) in [6.45, 7) is 0. The first-order valence-electron chi connectivity index (χ1n) is 4.83. The second-order valence-corrected chi connectivity index (χ2v) is 3.69. The lowest BCUT2D eigenvalue weighted by molar-refractivity contribution is 0.136. The fourth-order valence-corrected chi connectivity index (χ4v) is 1.45. The summed E-state index contributed by atoms with van der Waals surface area (Å²) in [5.41, 5.74) is 0.429. The summed E-state index contributed by atoms with van der Waals surface area (Å²) in [7, 11) is 0. The highest BCUT2D eigenvalue weighted by atomic mass is 32.1. The highest BCUT2D eigenvalue weighted by Crippen LogP contribution is 2.15.